The largest absolute Gasteiger partial charge is 0.497 e. The quantitative estimate of drug-likeness (QED) is 0.553. The van der Waals surface area contributed by atoms with Crippen LogP contribution in [0.25, 0.3) is 11.3 Å². The molecule has 1 unspecified atom stereocenters. The second-order valence-corrected chi connectivity index (χ2v) is 11.4. The second kappa shape index (κ2) is 9.73. The fourth-order valence-electron chi connectivity index (χ4n) is 4.83. The molecule has 2 aliphatic rings. The predicted octanol–water partition coefficient (Wildman–Crippen LogP) is 4.16. The van der Waals surface area contributed by atoms with Gasteiger partial charge in [-0.05, 0) is 80.3 Å². The third-order valence-electron chi connectivity index (χ3n) is 6.75. The summed E-state index contributed by atoms with van der Waals surface area (Å²) in [5, 5.41) is 7.50. The molecule has 0 saturated carbocycles. The minimum atomic E-state index is -3.11. The summed E-state index contributed by atoms with van der Waals surface area (Å²) in [7, 11) is -1.51. The first-order valence-electron chi connectivity index (χ1n) is 12.0. The zero-order valence-electron chi connectivity index (χ0n) is 19.8. The predicted molar refractivity (Wildman–Crippen MR) is 137 cm³/mol. The van der Waals surface area contributed by atoms with E-state index in [-0.39, 0.29) is 29.1 Å². The van der Waals surface area contributed by atoms with Gasteiger partial charge in [0.1, 0.15) is 5.75 Å². The topological polar surface area (TPSA) is 93.5 Å². The van der Waals surface area contributed by atoms with Crippen molar-refractivity contribution in [2.24, 2.45) is 0 Å². The van der Waals surface area contributed by atoms with E-state index < -0.39 is 9.84 Å². The first-order valence-corrected chi connectivity index (χ1v) is 13.8. The van der Waals surface area contributed by atoms with E-state index in [4.69, 9.17) is 4.74 Å². The number of carbonyl (C=O) groups excluding carboxylic acids is 1. The molecule has 8 nitrogen and oxygen atoms in total. The molecule has 184 valence electrons. The number of nitrogens with one attached hydrogen (secondary N) is 1. The second-order valence-electron chi connectivity index (χ2n) is 9.19. The average Bonchev–Trinajstić information content (AvgIpc) is 3.48. The molecular formula is C26H30N4O4S. The van der Waals surface area contributed by atoms with E-state index in [0.717, 1.165) is 24.3 Å². The summed E-state index contributed by atoms with van der Waals surface area (Å²) < 4.78 is 31.2. The van der Waals surface area contributed by atoms with Crippen LogP contribution >= 0.6 is 0 Å². The smallest absolute Gasteiger partial charge is 0.276 e. The Labute approximate surface area is 205 Å². The first kappa shape index (κ1) is 23.4. The highest BCUT2D eigenvalue weighted by Gasteiger charge is 2.32. The number of hydrogen-bond acceptors (Lipinski definition) is 6. The summed E-state index contributed by atoms with van der Waals surface area (Å²) in [6, 6.07) is 16.8. The number of benzene rings is 2. The average molecular weight is 495 g/mol. The lowest BCUT2D eigenvalue weighted by Gasteiger charge is -2.28. The molecule has 5 rings (SSSR count). The molecule has 2 saturated heterocycles. The molecule has 2 fully saturated rings. The van der Waals surface area contributed by atoms with Gasteiger partial charge in [0.25, 0.3) is 5.91 Å². The number of aromatic nitrogens is 2. The van der Waals surface area contributed by atoms with Crippen LogP contribution in [0.3, 0.4) is 0 Å². The maximum absolute atomic E-state index is 13.1. The maximum atomic E-state index is 13.1. The van der Waals surface area contributed by atoms with E-state index in [1.807, 2.05) is 48.5 Å². The minimum Gasteiger partial charge on any atom is -0.497 e. The lowest BCUT2D eigenvalue weighted by atomic mass is 10.1. The Morgan fingerprint density at radius 3 is 2.37 bits per heavy atom. The van der Waals surface area contributed by atoms with Crippen molar-refractivity contribution >= 4 is 27.1 Å². The SMILES string of the molecule is COc1ccc(-c2cc(C(=O)Nc3ccc(N4CCCCC4)cc3)nn2C2CCS(=O)(=O)C2)cc1. The Bertz CT molecular complexity index is 1290. The van der Waals surface area contributed by atoms with Crippen molar-refractivity contribution in [3.63, 3.8) is 0 Å². The Balaban J connectivity index is 1.39. The molecule has 0 spiro atoms. The molecule has 1 N–H and O–H groups in total. The van der Waals surface area contributed by atoms with Crippen molar-refractivity contribution in [1.29, 1.82) is 0 Å². The fraction of sp³-hybridized carbons (Fsp3) is 0.385. The number of nitrogens with zero attached hydrogens (tertiary/aromatic N) is 3. The van der Waals surface area contributed by atoms with Gasteiger partial charge in [-0.1, -0.05) is 0 Å². The van der Waals surface area contributed by atoms with Crippen molar-refractivity contribution in [1.82, 2.24) is 9.78 Å². The van der Waals surface area contributed by atoms with Crippen molar-refractivity contribution in [2.45, 2.75) is 31.7 Å². The molecule has 1 amide bonds. The number of sulfone groups is 1. The summed E-state index contributed by atoms with van der Waals surface area (Å²) in [6.07, 6.45) is 4.18. The normalized spacial score (nSPS) is 19.5. The van der Waals surface area contributed by atoms with Crippen LogP contribution in [-0.4, -0.2) is 55.8 Å². The molecule has 9 heteroatoms. The highest BCUT2D eigenvalue weighted by Crippen LogP contribution is 2.31. The lowest BCUT2D eigenvalue weighted by molar-refractivity contribution is 0.102. The molecule has 1 aromatic heterocycles. The summed E-state index contributed by atoms with van der Waals surface area (Å²) in [4.78, 5) is 15.5. The Hall–Kier alpha value is -3.33. The van der Waals surface area contributed by atoms with Crippen LogP contribution in [0.1, 0.15) is 42.2 Å². The van der Waals surface area contributed by atoms with Crippen molar-refractivity contribution in [3.8, 4) is 17.0 Å². The molecule has 0 bridgehead atoms. The van der Waals surface area contributed by atoms with Gasteiger partial charge in [0.05, 0.1) is 30.4 Å². The van der Waals surface area contributed by atoms with Crippen LogP contribution in [-0.2, 0) is 9.84 Å². The number of piperidine rings is 1. The van der Waals surface area contributed by atoms with Gasteiger partial charge in [0.15, 0.2) is 15.5 Å². The monoisotopic (exact) mass is 494 g/mol. The zero-order chi connectivity index (χ0) is 24.4. The molecule has 0 aliphatic carbocycles. The summed E-state index contributed by atoms with van der Waals surface area (Å²) in [5.74, 6) is 0.542. The summed E-state index contributed by atoms with van der Waals surface area (Å²) in [6.45, 7) is 2.13. The molecule has 3 heterocycles. The van der Waals surface area contributed by atoms with Gasteiger partial charge in [-0.2, -0.15) is 5.10 Å². The Morgan fingerprint density at radius 2 is 1.74 bits per heavy atom. The first-order chi connectivity index (χ1) is 16.9. The molecule has 1 atom stereocenters. The van der Waals surface area contributed by atoms with Crippen LogP contribution in [0.15, 0.2) is 54.6 Å². The van der Waals surface area contributed by atoms with Gasteiger partial charge in [0.2, 0.25) is 0 Å². The third-order valence-corrected chi connectivity index (χ3v) is 8.51. The zero-order valence-corrected chi connectivity index (χ0v) is 20.6. The van der Waals surface area contributed by atoms with E-state index in [1.54, 1.807) is 17.9 Å². The number of ether oxygens (including phenoxy) is 1. The number of hydrogen-bond donors (Lipinski definition) is 1. The number of rotatable bonds is 6. The van der Waals surface area contributed by atoms with Crippen molar-refractivity contribution in [2.75, 3.05) is 41.9 Å². The van der Waals surface area contributed by atoms with E-state index in [2.05, 4.69) is 15.3 Å². The highest BCUT2D eigenvalue weighted by molar-refractivity contribution is 7.91. The van der Waals surface area contributed by atoms with Gasteiger partial charge >= 0.3 is 0 Å². The van der Waals surface area contributed by atoms with E-state index in [1.165, 1.54) is 19.3 Å². The molecule has 3 aromatic rings. The minimum absolute atomic E-state index is 0.0247. The number of anilines is 2. The van der Waals surface area contributed by atoms with Gasteiger partial charge in [-0.15, -0.1) is 0 Å². The molecular weight excluding hydrogens is 464 g/mol. The van der Waals surface area contributed by atoms with Crippen LogP contribution in [0.2, 0.25) is 0 Å². The van der Waals surface area contributed by atoms with Crippen LogP contribution in [0.4, 0.5) is 11.4 Å². The van der Waals surface area contributed by atoms with Gasteiger partial charge < -0.3 is 15.0 Å². The molecule has 0 radical (unpaired) electrons. The number of methoxy groups -OCH3 is 1. The number of amides is 1. The van der Waals surface area contributed by atoms with Crippen LogP contribution in [0, 0.1) is 0 Å². The van der Waals surface area contributed by atoms with Crippen molar-refractivity contribution in [3.05, 3.63) is 60.3 Å². The fourth-order valence-corrected chi connectivity index (χ4v) is 6.52. The van der Waals surface area contributed by atoms with E-state index in [0.29, 0.717) is 23.6 Å². The van der Waals surface area contributed by atoms with Gasteiger partial charge in [-0.3, -0.25) is 9.48 Å². The van der Waals surface area contributed by atoms with Crippen LogP contribution in [0.5, 0.6) is 5.75 Å². The Kier molecular flexibility index (Phi) is 6.51. The molecule has 35 heavy (non-hydrogen) atoms. The third kappa shape index (κ3) is 5.19. The van der Waals surface area contributed by atoms with Crippen LogP contribution < -0.4 is 15.0 Å². The van der Waals surface area contributed by atoms with E-state index >= 15 is 0 Å². The van der Waals surface area contributed by atoms with E-state index in [9.17, 15) is 13.2 Å². The maximum Gasteiger partial charge on any atom is 0.276 e. The number of carbonyl (C=O) groups is 1. The Morgan fingerprint density at radius 1 is 1.03 bits per heavy atom. The van der Waals surface area contributed by atoms with Gasteiger partial charge in [0, 0.05) is 30.0 Å². The highest BCUT2D eigenvalue weighted by atomic mass is 32.2. The van der Waals surface area contributed by atoms with Crippen molar-refractivity contribution < 1.29 is 17.9 Å². The van der Waals surface area contributed by atoms with Gasteiger partial charge in [-0.25, -0.2) is 8.42 Å². The standard InChI is InChI=1S/C26H30N4O4S/c1-34-23-11-5-19(6-12-23)25-17-24(28-30(25)22-13-16-35(32,33)18-22)26(31)27-20-7-9-21(10-8-20)29-14-3-2-4-15-29/h5-12,17,22H,2-4,13-16,18H2,1H3,(H,27,31). The summed E-state index contributed by atoms with van der Waals surface area (Å²) in [5.41, 5.74) is 3.66. The molecule has 2 aliphatic heterocycles. The molecule has 2 aromatic carbocycles. The summed E-state index contributed by atoms with van der Waals surface area (Å²) >= 11 is 0. The lowest BCUT2D eigenvalue weighted by Crippen LogP contribution is -2.29.